The van der Waals surface area contributed by atoms with E-state index in [4.69, 9.17) is 19.9 Å². The number of nitrogens with one attached hydrogen (secondary N) is 1. The topological polar surface area (TPSA) is 192 Å². The number of ether oxygens (including phenoxy) is 3. The van der Waals surface area contributed by atoms with Crippen molar-refractivity contribution in [2.45, 2.75) is 103 Å². The number of nitrogens with two attached hydrogens (primary N) is 1. The van der Waals surface area contributed by atoms with Crippen molar-refractivity contribution in [2.24, 2.45) is 0 Å². The highest BCUT2D eigenvalue weighted by Crippen LogP contribution is 2.27. The van der Waals surface area contributed by atoms with E-state index in [0.717, 1.165) is 4.57 Å². The molecule has 2 heterocycles. The molecule has 1 amide bonds. The molecule has 1 aromatic rings. The number of rotatable bonds is 8. The van der Waals surface area contributed by atoms with E-state index in [1.165, 1.54) is 6.20 Å². The molecule has 0 saturated carbocycles. The van der Waals surface area contributed by atoms with E-state index in [0.29, 0.717) is 0 Å². The summed E-state index contributed by atoms with van der Waals surface area (Å²) >= 11 is 0. The monoisotopic (exact) mass is 550 g/mol. The van der Waals surface area contributed by atoms with Crippen molar-refractivity contribution >= 4 is 23.7 Å². The molecule has 2 rings (SSSR count). The highest BCUT2D eigenvalue weighted by molar-refractivity contribution is 5.88. The van der Waals surface area contributed by atoms with Gasteiger partial charge in [0.05, 0.1) is 24.7 Å². The summed E-state index contributed by atoms with van der Waals surface area (Å²) in [6, 6.07) is -1.24. The van der Waals surface area contributed by atoms with Crippen LogP contribution in [0, 0.1) is 11.8 Å². The lowest BCUT2D eigenvalue weighted by Gasteiger charge is -2.25. The number of nitrogens with zero attached hydrogens (tertiary/aromatic N) is 2. The fourth-order valence-electron chi connectivity index (χ4n) is 3.55. The maximum atomic E-state index is 12.6. The van der Waals surface area contributed by atoms with Crippen molar-refractivity contribution in [3.8, 4) is 11.8 Å². The second kappa shape index (κ2) is 13.1. The molecule has 5 N–H and O–H groups in total. The number of hydrogen-bond donors (Lipinski definition) is 4. The molecule has 13 heteroatoms. The molecule has 0 aliphatic carbocycles. The number of aromatic nitrogens is 2. The van der Waals surface area contributed by atoms with Crippen LogP contribution >= 0.6 is 0 Å². The standard InChI is InChI=1S/C26H38N4O9/c1-25(2,3)38-21(34)11-16(23(35)39-26(4,5)6)28-19(33)10-8-7-9-15-13-30(24(36)29-22(15)27)20-12-17(32)18(14-31)37-20/h13,16-18,20,31-32H,8,10-12,14H2,1-6H3,(H,28,33)(H2,27,29,36)/t16?,17?,18-,20-/m1/s1. The van der Waals surface area contributed by atoms with Crippen LogP contribution in [-0.2, 0) is 28.6 Å². The fraction of sp³-hybridized carbons (Fsp3) is 0.654. The van der Waals surface area contributed by atoms with Gasteiger partial charge in [-0.1, -0.05) is 11.8 Å². The fourth-order valence-corrected chi connectivity index (χ4v) is 3.55. The molecule has 1 saturated heterocycles. The summed E-state index contributed by atoms with van der Waals surface area (Å²) in [6.45, 7) is 9.67. The molecule has 0 spiro atoms. The van der Waals surface area contributed by atoms with Crippen LogP contribution in [0.5, 0.6) is 0 Å². The zero-order chi connectivity index (χ0) is 29.5. The van der Waals surface area contributed by atoms with Gasteiger partial charge in [0.25, 0.3) is 0 Å². The Bertz CT molecular complexity index is 1170. The van der Waals surface area contributed by atoms with E-state index in [2.05, 4.69) is 22.1 Å². The lowest BCUT2D eigenvalue weighted by atomic mass is 10.1. The number of hydrogen-bond acceptors (Lipinski definition) is 11. The SMILES string of the molecule is CC(C)(C)OC(=O)CC(NC(=O)CCC#Cc1cn([C@H]2CC(O)[C@@H](CO)O2)c(=O)nc1N)C(=O)OC(C)(C)C. The van der Waals surface area contributed by atoms with Crippen LogP contribution < -0.4 is 16.7 Å². The first-order valence-electron chi connectivity index (χ1n) is 12.5. The molecule has 1 aliphatic rings. The van der Waals surface area contributed by atoms with Crippen LogP contribution in [0.25, 0.3) is 0 Å². The first-order valence-corrected chi connectivity index (χ1v) is 12.5. The number of anilines is 1. The average molecular weight is 551 g/mol. The molecule has 13 nitrogen and oxygen atoms in total. The van der Waals surface area contributed by atoms with Gasteiger partial charge < -0.3 is 35.5 Å². The van der Waals surface area contributed by atoms with Gasteiger partial charge in [0.15, 0.2) is 0 Å². The lowest BCUT2D eigenvalue weighted by molar-refractivity contribution is -0.165. The quantitative estimate of drug-likeness (QED) is 0.254. The van der Waals surface area contributed by atoms with E-state index in [9.17, 15) is 29.4 Å². The van der Waals surface area contributed by atoms with Crippen LogP contribution in [0.2, 0.25) is 0 Å². The molecule has 216 valence electrons. The Hall–Kier alpha value is -3.47. The van der Waals surface area contributed by atoms with Gasteiger partial charge in [0.1, 0.15) is 35.4 Å². The maximum Gasteiger partial charge on any atom is 0.351 e. The van der Waals surface area contributed by atoms with Gasteiger partial charge in [-0.15, -0.1) is 0 Å². The van der Waals surface area contributed by atoms with Gasteiger partial charge in [-0.3, -0.25) is 14.2 Å². The van der Waals surface area contributed by atoms with Gasteiger partial charge in [-0.25, -0.2) is 9.59 Å². The summed E-state index contributed by atoms with van der Waals surface area (Å²) in [4.78, 5) is 53.5. The third-order valence-electron chi connectivity index (χ3n) is 5.19. The predicted molar refractivity (Wildman–Crippen MR) is 139 cm³/mol. The van der Waals surface area contributed by atoms with Crippen LogP contribution in [0.3, 0.4) is 0 Å². The predicted octanol–water partition coefficient (Wildman–Crippen LogP) is 0.156. The van der Waals surface area contributed by atoms with Gasteiger partial charge >= 0.3 is 17.6 Å². The van der Waals surface area contributed by atoms with Gasteiger partial charge in [0.2, 0.25) is 5.91 Å². The third-order valence-corrected chi connectivity index (χ3v) is 5.19. The summed E-state index contributed by atoms with van der Waals surface area (Å²) in [6.07, 6.45) is -1.65. The molecule has 1 fully saturated rings. The third kappa shape index (κ3) is 10.3. The number of aliphatic hydroxyl groups is 2. The Balaban J connectivity index is 2.06. The van der Waals surface area contributed by atoms with E-state index >= 15 is 0 Å². The van der Waals surface area contributed by atoms with Crippen molar-refractivity contribution in [3.05, 3.63) is 22.2 Å². The smallest absolute Gasteiger partial charge is 0.351 e. The number of carbonyl (C=O) groups is 3. The Kier molecular flexibility index (Phi) is 10.6. The van der Waals surface area contributed by atoms with Crippen LogP contribution in [-0.4, -0.2) is 73.7 Å². The first-order chi connectivity index (χ1) is 18.0. The highest BCUT2D eigenvalue weighted by atomic mass is 16.6. The Morgan fingerprint density at radius 2 is 1.87 bits per heavy atom. The largest absolute Gasteiger partial charge is 0.460 e. The van der Waals surface area contributed by atoms with Crippen molar-refractivity contribution in [1.82, 2.24) is 14.9 Å². The Morgan fingerprint density at radius 3 is 2.44 bits per heavy atom. The second-order valence-electron chi connectivity index (χ2n) is 11.1. The summed E-state index contributed by atoms with van der Waals surface area (Å²) in [5.41, 5.74) is 3.73. The van der Waals surface area contributed by atoms with E-state index < -0.39 is 72.2 Å². The molecule has 0 bridgehead atoms. The second-order valence-corrected chi connectivity index (χ2v) is 11.1. The van der Waals surface area contributed by atoms with E-state index in [1.807, 2.05) is 0 Å². The molecule has 2 unspecified atom stereocenters. The molecular weight excluding hydrogens is 512 g/mol. The zero-order valence-corrected chi connectivity index (χ0v) is 23.1. The first kappa shape index (κ1) is 31.7. The maximum absolute atomic E-state index is 12.6. The van der Waals surface area contributed by atoms with Gasteiger partial charge in [0, 0.05) is 25.5 Å². The van der Waals surface area contributed by atoms with Gasteiger partial charge in [-0.05, 0) is 41.5 Å². The summed E-state index contributed by atoms with van der Waals surface area (Å²) in [5, 5.41) is 21.7. The summed E-state index contributed by atoms with van der Waals surface area (Å²) in [7, 11) is 0. The highest BCUT2D eigenvalue weighted by Gasteiger charge is 2.35. The summed E-state index contributed by atoms with van der Waals surface area (Å²) in [5.74, 6) is 3.43. The molecule has 1 aliphatic heterocycles. The van der Waals surface area contributed by atoms with Crippen LogP contribution in [0.15, 0.2) is 11.0 Å². The van der Waals surface area contributed by atoms with Crippen molar-refractivity contribution in [2.75, 3.05) is 12.3 Å². The van der Waals surface area contributed by atoms with E-state index in [1.54, 1.807) is 41.5 Å². The number of carbonyl (C=O) groups excluding carboxylic acids is 3. The molecule has 0 radical (unpaired) electrons. The molecule has 4 atom stereocenters. The molecule has 39 heavy (non-hydrogen) atoms. The average Bonchev–Trinajstić information content (AvgIpc) is 3.15. The van der Waals surface area contributed by atoms with Crippen LogP contribution in [0.1, 0.15) is 79.0 Å². The van der Waals surface area contributed by atoms with Crippen molar-refractivity contribution in [3.63, 3.8) is 0 Å². The lowest BCUT2D eigenvalue weighted by Crippen LogP contribution is -2.46. The normalized spacial score (nSPS) is 19.9. The minimum Gasteiger partial charge on any atom is -0.460 e. The zero-order valence-electron chi connectivity index (χ0n) is 23.1. The van der Waals surface area contributed by atoms with Crippen LogP contribution in [0.4, 0.5) is 5.82 Å². The molecule has 1 aromatic heterocycles. The number of nitrogen functional groups attached to an aromatic ring is 1. The number of esters is 2. The van der Waals surface area contributed by atoms with Gasteiger partial charge in [-0.2, -0.15) is 4.98 Å². The summed E-state index contributed by atoms with van der Waals surface area (Å²) < 4.78 is 17.2. The van der Waals surface area contributed by atoms with Crippen molar-refractivity contribution in [1.29, 1.82) is 0 Å². The molecule has 0 aromatic carbocycles. The minimum absolute atomic E-state index is 0.0586. The van der Waals surface area contributed by atoms with Crippen molar-refractivity contribution < 1.29 is 38.8 Å². The number of aliphatic hydroxyl groups excluding tert-OH is 2. The minimum atomic E-state index is -1.24. The Morgan fingerprint density at radius 1 is 1.23 bits per heavy atom. The number of amides is 1. The Labute approximate surface area is 227 Å². The van der Waals surface area contributed by atoms with E-state index in [-0.39, 0.29) is 30.6 Å². The molecular formula is C26H38N4O9.